The monoisotopic (exact) mass is 441 g/mol. The van der Waals surface area contributed by atoms with Gasteiger partial charge in [-0.3, -0.25) is 15.5 Å². The number of nitrogens with zero attached hydrogens (tertiary/aromatic N) is 2. The number of hydrogen-bond donors (Lipinski definition) is 1. The highest BCUT2D eigenvalue weighted by atomic mass is 35.5. The summed E-state index contributed by atoms with van der Waals surface area (Å²) in [5, 5.41) is 15.0. The van der Waals surface area contributed by atoms with E-state index in [2.05, 4.69) is 10.5 Å². The van der Waals surface area contributed by atoms with Gasteiger partial charge in [-0.25, -0.2) is 4.79 Å². The van der Waals surface area contributed by atoms with E-state index >= 15 is 0 Å². The Morgan fingerprint density at radius 3 is 2.65 bits per heavy atom. The van der Waals surface area contributed by atoms with E-state index < -0.39 is 10.9 Å². The maximum atomic E-state index is 12.3. The average Bonchev–Trinajstić information content (AvgIpc) is 3.21. The highest BCUT2D eigenvalue weighted by Gasteiger charge is 2.15. The number of hydrogen-bond acceptors (Lipinski definition) is 7. The zero-order valence-corrected chi connectivity index (χ0v) is 17.6. The van der Waals surface area contributed by atoms with Gasteiger partial charge in [-0.2, -0.15) is 5.10 Å². The first kappa shape index (κ1) is 22.0. The molecule has 0 radical (unpaired) electrons. The number of carbonyl (C=O) groups excluding carboxylic acids is 1. The number of rotatable bonds is 8. The second-order valence-electron chi connectivity index (χ2n) is 7.06. The standard InChI is InChI=1S/C22H20ClN3O5/c1-14(2)13-30-22(27)19-11-15(3-9-20(19)23)21-10-8-18(31-21)12-24-25-16-4-6-17(7-5-16)26(28)29/h3-12,14,25H,13H2,1-2H3. The van der Waals surface area contributed by atoms with Crippen molar-refractivity contribution in [2.75, 3.05) is 12.0 Å². The minimum Gasteiger partial charge on any atom is -0.462 e. The lowest BCUT2D eigenvalue weighted by molar-refractivity contribution is -0.384. The van der Waals surface area contributed by atoms with Gasteiger partial charge in [-0.1, -0.05) is 25.4 Å². The summed E-state index contributed by atoms with van der Waals surface area (Å²) >= 11 is 6.15. The van der Waals surface area contributed by atoms with E-state index in [1.165, 1.54) is 18.3 Å². The lowest BCUT2D eigenvalue weighted by Gasteiger charge is -2.09. The molecule has 0 spiro atoms. The first-order chi connectivity index (χ1) is 14.8. The fraction of sp³-hybridized carbons (Fsp3) is 0.182. The number of furan rings is 1. The number of non-ortho nitro benzene ring substituents is 1. The van der Waals surface area contributed by atoms with E-state index in [1.807, 2.05) is 13.8 Å². The number of nitrogens with one attached hydrogen (secondary N) is 1. The minimum atomic E-state index is -0.485. The zero-order valence-electron chi connectivity index (χ0n) is 16.9. The summed E-state index contributed by atoms with van der Waals surface area (Å²) in [7, 11) is 0. The van der Waals surface area contributed by atoms with Gasteiger partial charge in [0.05, 0.1) is 34.0 Å². The van der Waals surface area contributed by atoms with Crippen LogP contribution in [0.2, 0.25) is 5.02 Å². The van der Waals surface area contributed by atoms with Crippen molar-refractivity contribution in [1.82, 2.24) is 0 Å². The summed E-state index contributed by atoms with van der Waals surface area (Å²) in [6.07, 6.45) is 1.47. The van der Waals surface area contributed by atoms with Crippen molar-refractivity contribution in [2.45, 2.75) is 13.8 Å². The Morgan fingerprint density at radius 2 is 1.97 bits per heavy atom. The molecule has 0 amide bonds. The predicted octanol–water partition coefficient (Wildman–Crippen LogP) is 5.77. The molecule has 0 saturated carbocycles. The van der Waals surface area contributed by atoms with E-state index in [0.29, 0.717) is 34.4 Å². The van der Waals surface area contributed by atoms with Gasteiger partial charge in [0.15, 0.2) is 0 Å². The average molecular weight is 442 g/mol. The fourth-order valence-electron chi connectivity index (χ4n) is 2.56. The first-order valence-electron chi connectivity index (χ1n) is 9.44. The third-order valence-corrected chi connectivity index (χ3v) is 4.44. The van der Waals surface area contributed by atoms with E-state index in [9.17, 15) is 14.9 Å². The maximum Gasteiger partial charge on any atom is 0.339 e. The number of anilines is 1. The molecule has 1 N–H and O–H groups in total. The molecule has 3 rings (SSSR count). The van der Waals surface area contributed by atoms with Gasteiger partial charge in [-0.15, -0.1) is 0 Å². The van der Waals surface area contributed by atoms with Crippen LogP contribution in [-0.4, -0.2) is 23.7 Å². The summed E-state index contributed by atoms with van der Waals surface area (Å²) in [4.78, 5) is 22.5. The number of ether oxygens (including phenoxy) is 1. The van der Waals surface area contributed by atoms with Crippen LogP contribution >= 0.6 is 11.6 Å². The normalized spacial score (nSPS) is 11.1. The Kier molecular flexibility index (Phi) is 7.04. The van der Waals surface area contributed by atoms with E-state index in [-0.39, 0.29) is 17.2 Å². The molecular weight excluding hydrogens is 422 g/mol. The van der Waals surface area contributed by atoms with Crippen LogP contribution in [0.15, 0.2) is 64.1 Å². The number of halogens is 1. The molecule has 1 heterocycles. The van der Waals surface area contributed by atoms with Crippen LogP contribution in [-0.2, 0) is 4.74 Å². The number of esters is 1. The van der Waals surface area contributed by atoms with Crippen LogP contribution in [0.25, 0.3) is 11.3 Å². The van der Waals surface area contributed by atoms with Gasteiger partial charge in [0.25, 0.3) is 5.69 Å². The van der Waals surface area contributed by atoms with Crippen LogP contribution < -0.4 is 5.43 Å². The smallest absolute Gasteiger partial charge is 0.339 e. The Morgan fingerprint density at radius 1 is 1.23 bits per heavy atom. The highest BCUT2D eigenvalue weighted by molar-refractivity contribution is 6.33. The number of carbonyl (C=O) groups is 1. The molecule has 0 saturated heterocycles. The summed E-state index contributed by atoms with van der Waals surface area (Å²) in [6, 6.07) is 14.3. The summed E-state index contributed by atoms with van der Waals surface area (Å²) in [6.45, 7) is 4.21. The van der Waals surface area contributed by atoms with Gasteiger partial charge < -0.3 is 9.15 Å². The van der Waals surface area contributed by atoms with Crippen molar-refractivity contribution >= 4 is 35.2 Å². The highest BCUT2D eigenvalue weighted by Crippen LogP contribution is 2.27. The molecule has 0 aliphatic heterocycles. The molecule has 9 heteroatoms. The number of benzene rings is 2. The third kappa shape index (κ3) is 5.93. The molecule has 8 nitrogen and oxygen atoms in total. The number of nitro benzene ring substituents is 1. The Balaban J connectivity index is 1.68. The van der Waals surface area contributed by atoms with Crippen LogP contribution in [0.5, 0.6) is 0 Å². The molecule has 1 aromatic heterocycles. The second kappa shape index (κ2) is 9.90. The lowest BCUT2D eigenvalue weighted by atomic mass is 10.1. The topological polar surface area (TPSA) is 107 Å². The predicted molar refractivity (Wildman–Crippen MR) is 119 cm³/mol. The summed E-state index contributed by atoms with van der Waals surface area (Å²) in [5.74, 6) is 0.744. The van der Waals surface area contributed by atoms with Gasteiger partial charge >= 0.3 is 5.97 Å². The SMILES string of the molecule is CC(C)COC(=O)c1cc(-c2ccc(C=NNc3ccc([N+](=O)[O-])cc3)o2)ccc1Cl. The first-order valence-corrected chi connectivity index (χ1v) is 9.81. The summed E-state index contributed by atoms with van der Waals surface area (Å²) in [5.41, 5.74) is 4.31. The number of hydrazone groups is 1. The molecular formula is C22H20ClN3O5. The van der Waals surface area contributed by atoms with Crippen molar-refractivity contribution in [2.24, 2.45) is 11.0 Å². The Hall–Kier alpha value is -3.65. The van der Waals surface area contributed by atoms with Gasteiger partial charge in [-0.05, 0) is 48.4 Å². The van der Waals surface area contributed by atoms with E-state index in [4.69, 9.17) is 20.8 Å². The Labute approximate surface area is 183 Å². The van der Waals surface area contributed by atoms with E-state index in [1.54, 1.807) is 42.5 Å². The third-order valence-electron chi connectivity index (χ3n) is 4.11. The fourth-order valence-corrected chi connectivity index (χ4v) is 2.76. The van der Waals surface area contributed by atoms with Gasteiger partial charge in [0.1, 0.15) is 11.5 Å². The largest absolute Gasteiger partial charge is 0.462 e. The minimum absolute atomic E-state index is 0.000581. The number of nitro groups is 1. The molecule has 3 aromatic rings. The quantitative estimate of drug-likeness (QED) is 0.206. The Bertz CT molecular complexity index is 1110. The van der Waals surface area contributed by atoms with Crippen molar-refractivity contribution < 1.29 is 18.9 Å². The van der Waals surface area contributed by atoms with Gasteiger partial charge in [0, 0.05) is 17.7 Å². The lowest BCUT2D eigenvalue weighted by Crippen LogP contribution is -2.10. The van der Waals surface area contributed by atoms with Crippen molar-refractivity contribution in [1.29, 1.82) is 0 Å². The molecule has 0 fully saturated rings. The van der Waals surface area contributed by atoms with Crippen LogP contribution in [0, 0.1) is 16.0 Å². The zero-order chi connectivity index (χ0) is 22.4. The second-order valence-corrected chi connectivity index (χ2v) is 7.47. The molecule has 0 unspecified atom stereocenters. The molecule has 0 aliphatic carbocycles. The molecule has 0 bridgehead atoms. The summed E-state index contributed by atoms with van der Waals surface area (Å²) < 4.78 is 11.0. The maximum absolute atomic E-state index is 12.3. The molecule has 31 heavy (non-hydrogen) atoms. The molecule has 0 aliphatic rings. The van der Waals surface area contributed by atoms with E-state index in [0.717, 1.165) is 0 Å². The molecule has 2 aromatic carbocycles. The molecule has 160 valence electrons. The van der Waals surface area contributed by atoms with Gasteiger partial charge in [0.2, 0.25) is 0 Å². The van der Waals surface area contributed by atoms with Crippen LogP contribution in [0.1, 0.15) is 30.0 Å². The van der Waals surface area contributed by atoms with Crippen LogP contribution in [0.3, 0.4) is 0 Å². The van der Waals surface area contributed by atoms with Crippen molar-refractivity contribution in [3.8, 4) is 11.3 Å². The van der Waals surface area contributed by atoms with Crippen molar-refractivity contribution in [3.05, 3.63) is 81.1 Å². The molecule has 0 atom stereocenters. The van der Waals surface area contributed by atoms with Crippen LogP contribution in [0.4, 0.5) is 11.4 Å². The van der Waals surface area contributed by atoms with Crippen molar-refractivity contribution in [3.63, 3.8) is 0 Å².